The monoisotopic (exact) mass is 100 g/mol. The number of rotatable bonds is 0. The standard InChI is InChI=1S/C4H5FN2/c5-7-2-1-4(6)3-7/h1-3H,6H2. The van der Waals surface area contributed by atoms with Crippen molar-refractivity contribution in [3.63, 3.8) is 0 Å². The highest BCUT2D eigenvalue weighted by atomic mass is 19.2. The molecule has 0 atom stereocenters. The van der Waals surface area contributed by atoms with Gasteiger partial charge in [0.15, 0.2) is 0 Å². The SMILES string of the molecule is Nc1ccn(F)c1. The molecule has 0 amide bonds. The second-order valence-electron chi connectivity index (χ2n) is 1.29. The van der Waals surface area contributed by atoms with Gasteiger partial charge in [0.1, 0.15) is 0 Å². The van der Waals surface area contributed by atoms with E-state index in [1.807, 2.05) is 0 Å². The molecular weight excluding hydrogens is 95.1 g/mol. The lowest BCUT2D eigenvalue weighted by atomic mass is 10.6. The highest BCUT2D eigenvalue weighted by molar-refractivity contribution is 5.33. The largest absolute Gasteiger partial charge is 0.397 e. The average Bonchev–Trinajstić information content (AvgIpc) is 1.87. The summed E-state index contributed by atoms with van der Waals surface area (Å²) in [6.07, 6.45) is 2.44. The number of halogens is 1. The number of hydrogen-bond donors (Lipinski definition) is 1. The molecule has 0 spiro atoms. The van der Waals surface area contributed by atoms with Gasteiger partial charge in [-0.25, -0.2) is 0 Å². The second-order valence-corrected chi connectivity index (χ2v) is 1.29. The molecule has 1 aromatic rings. The summed E-state index contributed by atoms with van der Waals surface area (Å²) in [5.74, 6) is 0. The quantitative estimate of drug-likeness (QED) is 0.513. The average molecular weight is 100 g/mol. The number of nitrogens with zero attached hydrogens (tertiary/aromatic N) is 1. The van der Waals surface area contributed by atoms with Crippen LogP contribution in [0, 0.1) is 0 Å². The molecule has 3 heteroatoms. The maximum absolute atomic E-state index is 11.8. The molecule has 2 nitrogen and oxygen atoms in total. The summed E-state index contributed by atoms with van der Waals surface area (Å²) < 4.78 is 11.8. The van der Waals surface area contributed by atoms with E-state index in [9.17, 15) is 4.48 Å². The van der Waals surface area contributed by atoms with E-state index in [0.29, 0.717) is 10.5 Å². The third-order valence-electron chi connectivity index (χ3n) is 0.682. The first-order valence-corrected chi connectivity index (χ1v) is 1.88. The highest BCUT2D eigenvalue weighted by Gasteiger charge is 1.84. The van der Waals surface area contributed by atoms with Gasteiger partial charge in [-0.1, -0.05) is 4.48 Å². The van der Waals surface area contributed by atoms with Crippen LogP contribution in [-0.2, 0) is 0 Å². The molecule has 0 bridgehead atoms. The van der Waals surface area contributed by atoms with Crippen LogP contribution in [0.5, 0.6) is 0 Å². The summed E-state index contributed by atoms with van der Waals surface area (Å²) in [6, 6.07) is 1.49. The van der Waals surface area contributed by atoms with Crippen molar-refractivity contribution in [1.82, 2.24) is 4.79 Å². The molecule has 0 radical (unpaired) electrons. The van der Waals surface area contributed by atoms with Crippen molar-refractivity contribution in [1.29, 1.82) is 0 Å². The topological polar surface area (TPSA) is 30.9 Å². The van der Waals surface area contributed by atoms with Gasteiger partial charge in [0.05, 0.1) is 11.9 Å². The molecule has 0 aliphatic heterocycles. The molecular formula is C4H5FN2. The minimum atomic E-state index is 0.412. The molecule has 0 aliphatic carbocycles. The molecule has 2 N–H and O–H groups in total. The van der Waals surface area contributed by atoms with Crippen molar-refractivity contribution in [3.05, 3.63) is 18.5 Å². The van der Waals surface area contributed by atoms with Crippen LogP contribution in [0.25, 0.3) is 0 Å². The summed E-state index contributed by atoms with van der Waals surface area (Å²) in [7, 11) is 0. The predicted octanol–water partition coefficient (Wildman–Crippen LogP) is 0.803. The van der Waals surface area contributed by atoms with E-state index in [0.717, 1.165) is 0 Å². The van der Waals surface area contributed by atoms with Crippen molar-refractivity contribution in [3.8, 4) is 0 Å². The van der Waals surface area contributed by atoms with E-state index in [1.54, 1.807) is 0 Å². The molecule has 0 aromatic carbocycles. The lowest BCUT2D eigenvalue weighted by Gasteiger charge is -1.75. The molecule has 1 heterocycles. The molecule has 7 heavy (non-hydrogen) atoms. The minimum Gasteiger partial charge on any atom is -0.397 e. The van der Waals surface area contributed by atoms with Gasteiger partial charge in [-0.05, 0) is 6.07 Å². The normalized spacial score (nSPS) is 9.29. The van der Waals surface area contributed by atoms with Crippen molar-refractivity contribution >= 4 is 5.69 Å². The minimum absolute atomic E-state index is 0.412. The van der Waals surface area contributed by atoms with Crippen LogP contribution < -0.4 is 5.73 Å². The Morgan fingerprint density at radius 3 is 2.57 bits per heavy atom. The van der Waals surface area contributed by atoms with Gasteiger partial charge >= 0.3 is 0 Å². The van der Waals surface area contributed by atoms with Gasteiger partial charge in [-0.15, -0.1) is 0 Å². The predicted molar refractivity (Wildman–Crippen MR) is 25.4 cm³/mol. The fourth-order valence-electron chi connectivity index (χ4n) is 0.386. The Morgan fingerprint density at radius 1 is 1.71 bits per heavy atom. The Hall–Kier alpha value is -0.990. The Labute approximate surface area is 40.3 Å². The van der Waals surface area contributed by atoms with Crippen LogP contribution in [0.3, 0.4) is 0 Å². The van der Waals surface area contributed by atoms with E-state index in [2.05, 4.69) is 0 Å². The number of aromatic nitrogens is 1. The first-order chi connectivity index (χ1) is 3.29. The molecule has 0 unspecified atom stereocenters. The fourth-order valence-corrected chi connectivity index (χ4v) is 0.386. The fraction of sp³-hybridized carbons (Fsp3) is 0. The number of hydrogen-bond acceptors (Lipinski definition) is 1. The van der Waals surface area contributed by atoms with E-state index in [1.165, 1.54) is 18.5 Å². The van der Waals surface area contributed by atoms with Gasteiger partial charge < -0.3 is 5.73 Å². The van der Waals surface area contributed by atoms with Crippen LogP contribution >= 0.6 is 0 Å². The van der Waals surface area contributed by atoms with Crippen LogP contribution in [-0.4, -0.2) is 4.79 Å². The number of nitrogens with two attached hydrogens (primary N) is 1. The molecule has 0 saturated carbocycles. The molecule has 0 aliphatic rings. The van der Waals surface area contributed by atoms with Gasteiger partial charge in [-0.2, -0.15) is 4.79 Å². The highest BCUT2D eigenvalue weighted by Crippen LogP contribution is 1.99. The summed E-state index contributed by atoms with van der Waals surface area (Å²) in [5.41, 5.74) is 5.56. The Morgan fingerprint density at radius 2 is 2.43 bits per heavy atom. The van der Waals surface area contributed by atoms with Gasteiger partial charge in [0.2, 0.25) is 0 Å². The second kappa shape index (κ2) is 1.26. The number of nitrogen functional groups attached to an aromatic ring is 1. The van der Waals surface area contributed by atoms with Crippen LogP contribution in [0.1, 0.15) is 0 Å². The summed E-state index contributed by atoms with van der Waals surface area (Å²) in [4.78, 5) is 0.412. The zero-order valence-electron chi connectivity index (χ0n) is 3.63. The first-order valence-electron chi connectivity index (χ1n) is 1.88. The molecule has 0 fully saturated rings. The van der Waals surface area contributed by atoms with E-state index < -0.39 is 0 Å². The van der Waals surface area contributed by atoms with Crippen LogP contribution in [0.4, 0.5) is 10.2 Å². The van der Waals surface area contributed by atoms with Crippen molar-refractivity contribution in [2.75, 3.05) is 5.73 Å². The third kappa shape index (κ3) is 0.707. The Kier molecular flexibility index (Phi) is 0.749. The van der Waals surface area contributed by atoms with Crippen molar-refractivity contribution < 1.29 is 4.48 Å². The first kappa shape index (κ1) is 4.18. The molecule has 0 saturated heterocycles. The maximum atomic E-state index is 11.8. The van der Waals surface area contributed by atoms with Crippen LogP contribution in [0.2, 0.25) is 0 Å². The Bertz CT molecular complexity index is 142. The van der Waals surface area contributed by atoms with Crippen molar-refractivity contribution in [2.24, 2.45) is 0 Å². The van der Waals surface area contributed by atoms with E-state index >= 15 is 0 Å². The third-order valence-corrected chi connectivity index (χ3v) is 0.682. The number of anilines is 1. The summed E-state index contributed by atoms with van der Waals surface area (Å²) >= 11 is 0. The van der Waals surface area contributed by atoms with Gasteiger partial charge in [-0.3, -0.25) is 0 Å². The van der Waals surface area contributed by atoms with Gasteiger partial charge in [0, 0.05) is 6.20 Å². The van der Waals surface area contributed by atoms with E-state index in [-0.39, 0.29) is 0 Å². The molecule has 1 aromatic heterocycles. The Balaban J connectivity index is 3.04. The molecule has 38 valence electrons. The van der Waals surface area contributed by atoms with Gasteiger partial charge in [0.25, 0.3) is 0 Å². The zero-order valence-corrected chi connectivity index (χ0v) is 3.63. The van der Waals surface area contributed by atoms with E-state index in [4.69, 9.17) is 5.73 Å². The lowest BCUT2D eigenvalue weighted by Crippen LogP contribution is -1.77. The summed E-state index contributed by atoms with van der Waals surface area (Å²) in [5, 5.41) is 0. The maximum Gasteiger partial charge on any atom is 0.0608 e. The van der Waals surface area contributed by atoms with Crippen LogP contribution in [0.15, 0.2) is 18.5 Å². The summed E-state index contributed by atoms with van der Waals surface area (Å²) in [6.45, 7) is 0. The zero-order chi connectivity index (χ0) is 5.28. The molecule has 1 rings (SSSR count). The van der Waals surface area contributed by atoms with Crippen molar-refractivity contribution in [2.45, 2.75) is 0 Å². The smallest absolute Gasteiger partial charge is 0.0608 e. The lowest BCUT2D eigenvalue weighted by molar-refractivity contribution is 0.371.